The van der Waals surface area contributed by atoms with Crippen molar-refractivity contribution in [3.05, 3.63) is 71.9 Å². The summed E-state index contributed by atoms with van der Waals surface area (Å²) in [4.78, 5) is 12.6. The molecule has 3 aromatic rings. The number of para-hydroxylation sites is 1. The van der Waals surface area contributed by atoms with E-state index < -0.39 is 5.92 Å². The first-order valence-corrected chi connectivity index (χ1v) is 7.48. The van der Waals surface area contributed by atoms with Crippen LogP contribution in [0.5, 0.6) is 0 Å². The molecule has 0 N–H and O–H groups in total. The highest BCUT2D eigenvalue weighted by molar-refractivity contribution is 5.92. The van der Waals surface area contributed by atoms with Gasteiger partial charge in [-0.2, -0.15) is 0 Å². The lowest BCUT2D eigenvalue weighted by atomic mass is 9.91. The average Bonchev–Trinajstić information content (AvgIpc) is 2.86. The molecule has 0 fully saturated rings. The van der Waals surface area contributed by atoms with Crippen LogP contribution in [0.15, 0.2) is 60.8 Å². The molecule has 0 amide bonds. The molecule has 22 heavy (non-hydrogen) atoms. The highest BCUT2D eigenvalue weighted by atomic mass is 16.5. The fraction of sp³-hybridized carbons (Fsp3) is 0.211. The van der Waals surface area contributed by atoms with Crippen molar-refractivity contribution in [3.8, 4) is 0 Å². The first kappa shape index (κ1) is 14.4. The number of carbonyl (C=O) groups excluding carboxylic acids is 1. The standard InChI is InChI=1S/C19H19NO2/c1-3-22-19(21)18(14-9-5-4-6-10-14)16-13-20(2)17-12-8-7-11-15(16)17/h4-13,18H,3H2,1-2H3. The quantitative estimate of drug-likeness (QED) is 0.684. The molecule has 0 aliphatic rings. The van der Waals surface area contributed by atoms with E-state index in [1.54, 1.807) is 0 Å². The molecule has 1 unspecified atom stereocenters. The fourth-order valence-electron chi connectivity index (χ4n) is 2.92. The molecule has 3 heteroatoms. The average molecular weight is 293 g/mol. The predicted octanol–water partition coefficient (Wildman–Crippen LogP) is 3.87. The summed E-state index contributed by atoms with van der Waals surface area (Å²) in [6, 6.07) is 17.9. The van der Waals surface area contributed by atoms with Gasteiger partial charge in [-0.05, 0) is 24.1 Å². The Balaban J connectivity index is 2.18. The van der Waals surface area contributed by atoms with Crippen molar-refractivity contribution in [2.24, 2.45) is 7.05 Å². The van der Waals surface area contributed by atoms with Gasteiger partial charge in [0.15, 0.2) is 0 Å². The van der Waals surface area contributed by atoms with E-state index in [9.17, 15) is 4.79 Å². The zero-order valence-corrected chi connectivity index (χ0v) is 12.8. The summed E-state index contributed by atoms with van der Waals surface area (Å²) in [6.45, 7) is 2.22. The molecule has 0 bridgehead atoms. The van der Waals surface area contributed by atoms with Gasteiger partial charge in [0.1, 0.15) is 5.92 Å². The smallest absolute Gasteiger partial charge is 0.317 e. The van der Waals surface area contributed by atoms with Gasteiger partial charge in [-0.1, -0.05) is 48.5 Å². The van der Waals surface area contributed by atoms with Crippen molar-refractivity contribution >= 4 is 16.9 Å². The molecule has 0 spiro atoms. The van der Waals surface area contributed by atoms with Crippen LogP contribution in [0.2, 0.25) is 0 Å². The molecule has 1 heterocycles. The molecule has 2 aromatic carbocycles. The molecule has 0 saturated heterocycles. The number of rotatable bonds is 4. The van der Waals surface area contributed by atoms with Crippen LogP contribution < -0.4 is 0 Å². The third kappa shape index (κ3) is 2.50. The van der Waals surface area contributed by atoms with E-state index in [4.69, 9.17) is 4.74 Å². The van der Waals surface area contributed by atoms with E-state index in [-0.39, 0.29) is 5.97 Å². The number of benzene rings is 2. The maximum atomic E-state index is 12.6. The van der Waals surface area contributed by atoms with Crippen LogP contribution >= 0.6 is 0 Å². The van der Waals surface area contributed by atoms with E-state index in [2.05, 4.69) is 16.7 Å². The Labute approximate surface area is 130 Å². The molecule has 0 aliphatic heterocycles. The van der Waals surface area contributed by atoms with Crippen LogP contribution in [0.3, 0.4) is 0 Å². The number of ether oxygens (including phenoxy) is 1. The van der Waals surface area contributed by atoms with E-state index >= 15 is 0 Å². The number of hydrogen-bond acceptors (Lipinski definition) is 2. The van der Waals surface area contributed by atoms with Gasteiger partial charge >= 0.3 is 5.97 Å². The van der Waals surface area contributed by atoms with Crippen LogP contribution in [-0.2, 0) is 16.6 Å². The van der Waals surface area contributed by atoms with Gasteiger partial charge in [0.2, 0.25) is 0 Å². The van der Waals surface area contributed by atoms with Gasteiger partial charge in [-0.25, -0.2) is 0 Å². The van der Waals surface area contributed by atoms with Crippen molar-refractivity contribution in [3.63, 3.8) is 0 Å². The largest absolute Gasteiger partial charge is 0.465 e. The first-order valence-electron chi connectivity index (χ1n) is 7.48. The van der Waals surface area contributed by atoms with Crippen LogP contribution in [0, 0.1) is 0 Å². The van der Waals surface area contributed by atoms with Crippen molar-refractivity contribution < 1.29 is 9.53 Å². The Morgan fingerprint density at radius 2 is 1.77 bits per heavy atom. The zero-order valence-electron chi connectivity index (χ0n) is 12.8. The molecule has 3 rings (SSSR count). The van der Waals surface area contributed by atoms with Gasteiger partial charge in [0.25, 0.3) is 0 Å². The van der Waals surface area contributed by atoms with E-state index in [0.717, 1.165) is 22.0 Å². The van der Waals surface area contributed by atoms with Gasteiger partial charge in [-0.3, -0.25) is 4.79 Å². The third-order valence-electron chi connectivity index (χ3n) is 3.89. The number of fused-ring (bicyclic) bond motifs is 1. The Morgan fingerprint density at radius 1 is 1.09 bits per heavy atom. The normalized spacial score (nSPS) is 12.3. The van der Waals surface area contributed by atoms with E-state index in [1.165, 1.54) is 0 Å². The van der Waals surface area contributed by atoms with E-state index in [0.29, 0.717) is 6.61 Å². The maximum Gasteiger partial charge on any atom is 0.317 e. The maximum absolute atomic E-state index is 12.6. The fourth-order valence-corrected chi connectivity index (χ4v) is 2.92. The molecular weight excluding hydrogens is 274 g/mol. The Morgan fingerprint density at radius 3 is 2.50 bits per heavy atom. The summed E-state index contributed by atoms with van der Waals surface area (Å²) in [6.07, 6.45) is 2.03. The number of nitrogens with zero attached hydrogens (tertiary/aromatic N) is 1. The van der Waals surface area contributed by atoms with Gasteiger partial charge in [0, 0.05) is 24.1 Å². The van der Waals surface area contributed by atoms with Crippen LogP contribution in [0.1, 0.15) is 24.0 Å². The molecule has 3 nitrogen and oxygen atoms in total. The molecule has 1 atom stereocenters. The first-order chi connectivity index (χ1) is 10.7. The summed E-state index contributed by atoms with van der Waals surface area (Å²) >= 11 is 0. The van der Waals surface area contributed by atoms with E-state index in [1.807, 2.05) is 62.6 Å². The number of aromatic nitrogens is 1. The summed E-state index contributed by atoms with van der Waals surface area (Å²) in [7, 11) is 2.00. The van der Waals surface area contributed by atoms with Crippen molar-refractivity contribution in [2.75, 3.05) is 6.61 Å². The van der Waals surface area contributed by atoms with Crippen molar-refractivity contribution in [2.45, 2.75) is 12.8 Å². The molecule has 0 saturated carbocycles. The SMILES string of the molecule is CCOC(=O)C(c1ccccc1)c1cn(C)c2ccccc12. The zero-order chi connectivity index (χ0) is 15.5. The van der Waals surface area contributed by atoms with Crippen molar-refractivity contribution in [1.29, 1.82) is 0 Å². The Hall–Kier alpha value is -2.55. The second-order valence-corrected chi connectivity index (χ2v) is 5.31. The van der Waals surface area contributed by atoms with Crippen molar-refractivity contribution in [1.82, 2.24) is 4.57 Å². The van der Waals surface area contributed by atoms with Gasteiger partial charge in [-0.15, -0.1) is 0 Å². The lowest BCUT2D eigenvalue weighted by molar-refractivity contribution is -0.143. The summed E-state index contributed by atoms with van der Waals surface area (Å²) in [5, 5.41) is 1.09. The highest BCUT2D eigenvalue weighted by Crippen LogP contribution is 2.32. The summed E-state index contributed by atoms with van der Waals surface area (Å²) in [5.74, 6) is -0.600. The number of aryl methyl sites for hydroxylation is 1. The second-order valence-electron chi connectivity index (χ2n) is 5.31. The third-order valence-corrected chi connectivity index (χ3v) is 3.89. The number of carbonyl (C=O) groups is 1. The van der Waals surface area contributed by atoms with Gasteiger partial charge < -0.3 is 9.30 Å². The molecule has 1 aromatic heterocycles. The summed E-state index contributed by atoms with van der Waals surface area (Å²) in [5.41, 5.74) is 3.06. The predicted molar refractivity (Wildman–Crippen MR) is 87.8 cm³/mol. The topological polar surface area (TPSA) is 31.2 Å². The monoisotopic (exact) mass is 293 g/mol. The molecular formula is C19H19NO2. The van der Waals surface area contributed by atoms with Crippen LogP contribution in [0.25, 0.3) is 10.9 Å². The lowest BCUT2D eigenvalue weighted by Gasteiger charge is -2.15. The number of hydrogen-bond donors (Lipinski definition) is 0. The molecule has 112 valence electrons. The summed E-state index contributed by atoms with van der Waals surface area (Å²) < 4.78 is 7.38. The minimum atomic E-state index is -0.396. The lowest BCUT2D eigenvalue weighted by Crippen LogP contribution is -2.17. The van der Waals surface area contributed by atoms with Crippen LogP contribution in [-0.4, -0.2) is 17.1 Å². The molecule has 0 radical (unpaired) electrons. The highest BCUT2D eigenvalue weighted by Gasteiger charge is 2.27. The molecule has 0 aliphatic carbocycles. The van der Waals surface area contributed by atoms with Crippen LogP contribution in [0.4, 0.5) is 0 Å². The number of esters is 1. The Bertz CT molecular complexity index is 790. The minimum absolute atomic E-state index is 0.204. The minimum Gasteiger partial charge on any atom is -0.465 e. The second kappa shape index (κ2) is 6.06. The Kier molecular flexibility index (Phi) is 3.96. The van der Waals surface area contributed by atoms with Gasteiger partial charge in [0.05, 0.1) is 6.61 Å².